The van der Waals surface area contributed by atoms with Gasteiger partial charge in [0.2, 0.25) is 0 Å². The molecule has 4 aromatic rings. The molecule has 2 N–H and O–H groups in total. The molecule has 1 saturated heterocycles. The molecular formula is C29H29FN6O2. The molecule has 0 bridgehead atoms. The van der Waals surface area contributed by atoms with Crippen LogP contribution in [0.1, 0.15) is 46.9 Å². The zero-order valence-corrected chi connectivity index (χ0v) is 20.9. The Bertz CT molecular complexity index is 1390. The zero-order valence-electron chi connectivity index (χ0n) is 20.9. The fourth-order valence-electron chi connectivity index (χ4n) is 4.85. The number of ether oxygens (including phenoxy) is 1. The van der Waals surface area contributed by atoms with Crippen LogP contribution in [0.2, 0.25) is 0 Å². The molecule has 194 valence electrons. The van der Waals surface area contributed by atoms with Gasteiger partial charge in [-0.25, -0.2) is 19.0 Å². The molecule has 1 amide bonds. The van der Waals surface area contributed by atoms with Gasteiger partial charge in [-0.05, 0) is 73.4 Å². The second-order valence-corrected chi connectivity index (χ2v) is 9.81. The van der Waals surface area contributed by atoms with E-state index in [1.165, 1.54) is 12.1 Å². The van der Waals surface area contributed by atoms with E-state index in [2.05, 4.69) is 20.7 Å². The predicted octanol–water partition coefficient (Wildman–Crippen LogP) is 4.02. The molecule has 0 unspecified atom stereocenters. The van der Waals surface area contributed by atoms with Gasteiger partial charge in [0.05, 0.1) is 11.4 Å². The molecule has 6 rings (SSSR count). The van der Waals surface area contributed by atoms with E-state index in [9.17, 15) is 9.18 Å². The normalized spacial score (nSPS) is 19.3. The highest BCUT2D eigenvalue weighted by Gasteiger charge is 2.37. The first-order valence-electron chi connectivity index (χ1n) is 13.0. The predicted molar refractivity (Wildman–Crippen MR) is 140 cm³/mol. The molecule has 2 atom stereocenters. The monoisotopic (exact) mass is 512 g/mol. The Balaban J connectivity index is 1.21. The number of hydrogen-bond donors (Lipinski definition) is 2. The standard InChI is InChI=1S/C29H29FN6O2/c30-21-6-2-19(3-7-21)25-17-26(25)31-18-23-16-27(29(37)34-22-10-14-38-15-11-22)35-28(33-23)20-4-8-24(9-5-20)36-13-1-12-32-36/h1-9,12-13,16,22,25-26,31H,10-11,14-15,17-18H2,(H,34,37)/t25-,26+/m0/s1. The van der Waals surface area contributed by atoms with Gasteiger partial charge < -0.3 is 15.4 Å². The molecular weight excluding hydrogens is 483 g/mol. The average Bonchev–Trinajstić information content (AvgIpc) is 3.52. The summed E-state index contributed by atoms with van der Waals surface area (Å²) in [6, 6.07) is 18.5. The highest BCUT2D eigenvalue weighted by molar-refractivity contribution is 5.93. The van der Waals surface area contributed by atoms with Gasteiger partial charge in [-0.15, -0.1) is 0 Å². The zero-order chi connectivity index (χ0) is 25.9. The maximum Gasteiger partial charge on any atom is 0.270 e. The van der Waals surface area contributed by atoms with Gasteiger partial charge >= 0.3 is 0 Å². The van der Waals surface area contributed by atoms with Crippen molar-refractivity contribution in [1.82, 2.24) is 30.4 Å². The molecule has 2 fully saturated rings. The smallest absolute Gasteiger partial charge is 0.270 e. The molecule has 3 heterocycles. The quantitative estimate of drug-likeness (QED) is 0.370. The van der Waals surface area contributed by atoms with E-state index in [1.807, 2.05) is 48.7 Å². The summed E-state index contributed by atoms with van der Waals surface area (Å²) in [7, 11) is 0. The molecule has 0 radical (unpaired) electrons. The molecule has 8 nitrogen and oxygen atoms in total. The van der Waals surface area contributed by atoms with E-state index in [0.29, 0.717) is 37.2 Å². The number of benzene rings is 2. The summed E-state index contributed by atoms with van der Waals surface area (Å²) in [5, 5.41) is 10.9. The second kappa shape index (κ2) is 10.8. The number of aromatic nitrogens is 4. The molecule has 1 saturated carbocycles. The Morgan fingerprint density at radius 2 is 1.84 bits per heavy atom. The van der Waals surface area contributed by atoms with E-state index >= 15 is 0 Å². The molecule has 2 aliphatic rings. The minimum absolute atomic E-state index is 0.0764. The van der Waals surface area contributed by atoms with Crippen LogP contribution < -0.4 is 10.6 Å². The Labute approximate surface area is 220 Å². The number of carbonyl (C=O) groups is 1. The van der Waals surface area contributed by atoms with Crippen LogP contribution in [0.25, 0.3) is 17.1 Å². The fourth-order valence-corrected chi connectivity index (χ4v) is 4.85. The molecule has 38 heavy (non-hydrogen) atoms. The lowest BCUT2D eigenvalue weighted by Crippen LogP contribution is -2.39. The fraction of sp³-hybridized carbons (Fsp3) is 0.310. The van der Waals surface area contributed by atoms with Gasteiger partial charge in [-0.2, -0.15) is 5.10 Å². The number of nitrogens with one attached hydrogen (secondary N) is 2. The van der Waals surface area contributed by atoms with Crippen LogP contribution in [0, 0.1) is 5.82 Å². The number of amides is 1. The van der Waals surface area contributed by atoms with Crippen molar-refractivity contribution in [2.75, 3.05) is 13.2 Å². The minimum atomic E-state index is -0.225. The van der Waals surface area contributed by atoms with Gasteiger partial charge in [0.15, 0.2) is 5.82 Å². The number of nitrogens with zero attached hydrogens (tertiary/aromatic N) is 4. The summed E-state index contributed by atoms with van der Waals surface area (Å²) in [5.74, 6) is 0.421. The van der Waals surface area contributed by atoms with Gasteiger partial charge in [-0.3, -0.25) is 4.79 Å². The molecule has 2 aromatic heterocycles. The summed E-state index contributed by atoms with van der Waals surface area (Å²) in [6.07, 6.45) is 6.18. The Morgan fingerprint density at radius 1 is 1.05 bits per heavy atom. The van der Waals surface area contributed by atoms with Crippen LogP contribution in [-0.2, 0) is 11.3 Å². The van der Waals surface area contributed by atoms with Gasteiger partial charge in [-0.1, -0.05) is 12.1 Å². The van der Waals surface area contributed by atoms with Crippen LogP contribution in [0.5, 0.6) is 0 Å². The van der Waals surface area contributed by atoms with E-state index in [1.54, 1.807) is 16.9 Å². The topological polar surface area (TPSA) is 94.0 Å². The number of halogens is 1. The molecule has 9 heteroatoms. The van der Waals surface area contributed by atoms with Crippen molar-refractivity contribution in [1.29, 1.82) is 0 Å². The lowest BCUT2D eigenvalue weighted by molar-refractivity contribution is 0.0694. The summed E-state index contributed by atoms with van der Waals surface area (Å²) < 4.78 is 20.5. The maximum atomic E-state index is 13.3. The van der Waals surface area contributed by atoms with Crippen molar-refractivity contribution in [3.8, 4) is 17.1 Å². The first-order valence-corrected chi connectivity index (χ1v) is 13.0. The van der Waals surface area contributed by atoms with Gasteiger partial charge in [0.1, 0.15) is 11.5 Å². The SMILES string of the molecule is O=C(NC1CCOCC1)c1cc(CN[C@@H]2C[C@H]2c2ccc(F)cc2)nc(-c2ccc(-n3cccn3)cc2)n1. The van der Waals surface area contributed by atoms with Crippen LogP contribution in [0.15, 0.2) is 73.1 Å². The highest BCUT2D eigenvalue weighted by Crippen LogP contribution is 2.40. The minimum Gasteiger partial charge on any atom is -0.381 e. The van der Waals surface area contributed by atoms with Crippen molar-refractivity contribution < 1.29 is 13.9 Å². The maximum absolute atomic E-state index is 13.3. The first kappa shape index (κ1) is 24.4. The number of rotatable bonds is 8. The van der Waals surface area contributed by atoms with Crippen molar-refractivity contribution in [2.45, 2.75) is 43.8 Å². The third-order valence-electron chi connectivity index (χ3n) is 7.10. The van der Waals surface area contributed by atoms with Crippen molar-refractivity contribution in [2.24, 2.45) is 0 Å². The lowest BCUT2D eigenvalue weighted by atomic mass is 10.1. The van der Waals surface area contributed by atoms with Crippen molar-refractivity contribution in [3.05, 3.63) is 95.8 Å². The third kappa shape index (κ3) is 5.64. The molecule has 2 aromatic carbocycles. The van der Waals surface area contributed by atoms with Crippen LogP contribution >= 0.6 is 0 Å². The Kier molecular flexibility index (Phi) is 6.94. The van der Waals surface area contributed by atoms with Crippen molar-refractivity contribution >= 4 is 5.91 Å². The van der Waals surface area contributed by atoms with E-state index in [4.69, 9.17) is 9.72 Å². The van der Waals surface area contributed by atoms with Crippen LogP contribution in [-0.4, -0.2) is 51.0 Å². The molecule has 0 spiro atoms. The summed E-state index contributed by atoms with van der Waals surface area (Å²) in [4.78, 5) is 22.6. The van der Waals surface area contributed by atoms with E-state index in [-0.39, 0.29) is 23.8 Å². The number of carbonyl (C=O) groups excluding carboxylic acids is 1. The lowest BCUT2D eigenvalue weighted by Gasteiger charge is -2.23. The van der Waals surface area contributed by atoms with Gasteiger partial charge in [0.25, 0.3) is 5.91 Å². The summed E-state index contributed by atoms with van der Waals surface area (Å²) >= 11 is 0. The van der Waals surface area contributed by atoms with Crippen LogP contribution in [0.3, 0.4) is 0 Å². The Morgan fingerprint density at radius 3 is 2.58 bits per heavy atom. The first-order chi connectivity index (χ1) is 18.6. The summed E-state index contributed by atoms with van der Waals surface area (Å²) in [5.41, 5.74) is 3.96. The largest absolute Gasteiger partial charge is 0.381 e. The average molecular weight is 513 g/mol. The number of hydrogen-bond acceptors (Lipinski definition) is 6. The summed E-state index contributed by atoms with van der Waals surface area (Å²) in [6.45, 7) is 1.80. The molecule has 1 aliphatic carbocycles. The second-order valence-electron chi connectivity index (χ2n) is 9.81. The van der Waals surface area contributed by atoms with E-state index in [0.717, 1.165) is 41.8 Å². The van der Waals surface area contributed by atoms with Gasteiger partial charge in [0, 0.05) is 55.7 Å². The van der Waals surface area contributed by atoms with E-state index < -0.39 is 0 Å². The Hall–Kier alpha value is -3.95. The highest BCUT2D eigenvalue weighted by atomic mass is 19.1. The van der Waals surface area contributed by atoms with Crippen LogP contribution in [0.4, 0.5) is 4.39 Å². The molecule has 1 aliphatic heterocycles. The third-order valence-corrected chi connectivity index (χ3v) is 7.10. The van der Waals surface area contributed by atoms with Crippen molar-refractivity contribution in [3.63, 3.8) is 0 Å².